The third kappa shape index (κ3) is 2.88. The van der Waals surface area contributed by atoms with Gasteiger partial charge in [-0.05, 0) is 49.8 Å². The van der Waals surface area contributed by atoms with Gasteiger partial charge in [0.1, 0.15) is 10.7 Å². The van der Waals surface area contributed by atoms with E-state index in [0.717, 1.165) is 51.5 Å². The first-order valence-corrected chi connectivity index (χ1v) is 11.3. The van der Waals surface area contributed by atoms with Crippen molar-refractivity contribution in [2.45, 2.75) is 43.5 Å². The highest BCUT2D eigenvalue weighted by Crippen LogP contribution is 2.38. The summed E-state index contributed by atoms with van der Waals surface area (Å²) in [5.74, 6) is 1.41. The molecule has 0 bridgehead atoms. The molecule has 3 aromatic heterocycles. The Hall–Kier alpha value is -2.12. The van der Waals surface area contributed by atoms with Crippen LogP contribution >= 0.6 is 23.1 Å². The van der Waals surface area contributed by atoms with E-state index in [1.807, 2.05) is 25.2 Å². The zero-order valence-electron chi connectivity index (χ0n) is 16.2. The fourth-order valence-electron chi connectivity index (χ4n) is 4.00. The number of benzene rings is 1. The monoisotopic (exact) mass is 410 g/mol. The van der Waals surface area contributed by atoms with Crippen LogP contribution in [0.3, 0.4) is 0 Å². The lowest BCUT2D eigenvalue weighted by molar-refractivity contribution is 0.509. The molecule has 5 rings (SSSR count). The molecule has 0 aliphatic heterocycles. The van der Waals surface area contributed by atoms with Crippen molar-refractivity contribution < 1.29 is 0 Å². The van der Waals surface area contributed by atoms with Gasteiger partial charge in [-0.15, -0.1) is 11.3 Å². The molecule has 4 aromatic rings. The Balaban J connectivity index is 1.51. The molecule has 2 unspecified atom stereocenters. The minimum atomic E-state index is 0.00417. The predicted molar refractivity (Wildman–Crippen MR) is 116 cm³/mol. The van der Waals surface area contributed by atoms with Crippen molar-refractivity contribution in [2.24, 2.45) is 13.0 Å². The average Bonchev–Trinajstić information content (AvgIpc) is 3.19. The van der Waals surface area contributed by atoms with E-state index in [4.69, 9.17) is 9.97 Å². The van der Waals surface area contributed by atoms with Gasteiger partial charge in [-0.1, -0.05) is 30.8 Å². The summed E-state index contributed by atoms with van der Waals surface area (Å²) in [6, 6.07) is 8.11. The van der Waals surface area contributed by atoms with Crippen LogP contribution in [-0.2, 0) is 19.9 Å². The summed E-state index contributed by atoms with van der Waals surface area (Å²) in [6.45, 7) is 4.36. The van der Waals surface area contributed by atoms with Crippen molar-refractivity contribution in [1.82, 2.24) is 19.5 Å². The molecule has 1 aromatic carbocycles. The van der Waals surface area contributed by atoms with Crippen molar-refractivity contribution >= 4 is 44.3 Å². The zero-order valence-corrected chi connectivity index (χ0v) is 17.8. The summed E-state index contributed by atoms with van der Waals surface area (Å²) in [5.41, 5.74) is 3.32. The molecule has 1 aliphatic rings. The van der Waals surface area contributed by atoms with E-state index >= 15 is 0 Å². The summed E-state index contributed by atoms with van der Waals surface area (Å²) in [6.07, 6.45) is 3.21. The number of nitrogens with one attached hydrogen (secondary N) is 1. The Bertz CT molecular complexity index is 1250. The third-order valence-corrected chi connectivity index (χ3v) is 7.90. The molecule has 0 saturated heterocycles. The molecular formula is C21H22N4OS2. The molecule has 5 nitrogen and oxygen atoms in total. The molecule has 0 fully saturated rings. The Morgan fingerprint density at radius 3 is 2.96 bits per heavy atom. The molecule has 144 valence electrons. The molecular weight excluding hydrogens is 388 g/mol. The second-order valence-corrected chi connectivity index (χ2v) is 10.1. The Labute approximate surface area is 171 Å². The molecule has 3 heterocycles. The van der Waals surface area contributed by atoms with Crippen LogP contribution in [0.15, 0.2) is 34.2 Å². The largest absolute Gasteiger partial charge is 0.322 e. The van der Waals surface area contributed by atoms with E-state index in [0.29, 0.717) is 5.92 Å². The van der Waals surface area contributed by atoms with Gasteiger partial charge in [0.25, 0.3) is 5.56 Å². The summed E-state index contributed by atoms with van der Waals surface area (Å²) in [5, 5.41) is 1.75. The topological polar surface area (TPSA) is 63.6 Å². The maximum atomic E-state index is 12.9. The predicted octanol–water partition coefficient (Wildman–Crippen LogP) is 4.85. The molecule has 7 heteroatoms. The lowest BCUT2D eigenvalue weighted by atomic mass is 9.89. The fourth-order valence-corrected chi connectivity index (χ4v) is 6.34. The highest BCUT2D eigenvalue weighted by atomic mass is 32.2. The van der Waals surface area contributed by atoms with Crippen molar-refractivity contribution in [3.8, 4) is 0 Å². The number of hydrogen-bond acceptors (Lipinski definition) is 5. The number of imidazole rings is 1. The number of rotatable bonds is 3. The number of aryl methyl sites for hydroxylation is 2. The number of thioether (sulfide) groups is 1. The first-order valence-electron chi connectivity index (χ1n) is 9.64. The van der Waals surface area contributed by atoms with Gasteiger partial charge in [-0.25, -0.2) is 9.97 Å². The van der Waals surface area contributed by atoms with Crippen LogP contribution in [-0.4, -0.2) is 19.5 Å². The van der Waals surface area contributed by atoms with Crippen LogP contribution < -0.4 is 5.56 Å². The highest BCUT2D eigenvalue weighted by molar-refractivity contribution is 7.99. The Morgan fingerprint density at radius 2 is 2.14 bits per heavy atom. The van der Waals surface area contributed by atoms with Gasteiger partial charge in [-0.3, -0.25) is 4.79 Å². The standard InChI is InChI=1S/C21H22N4OS2/c1-11-8-9-13-16(10-11)28-20-17(13)19(26)23-18(24-20)12(2)27-21-22-14-6-4-5-7-15(14)25(21)3/h4-7,11-12H,8-10H2,1-3H3,(H,23,24,26). The van der Waals surface area contributed by atoms with Crippen LogP contribution in [0.2, 0.25) is 0 Å². The Kier molecular flexibility index (Phi) is 4.32. The van der Waals surface area contributed by atoms with Gasteiger partial charge in [0.05, 0.1) is 21.7 Å². The molecule has 28 heavy (non-hydrogen) atoms. The number of aromatic nitrogens is 4. The lowest BCUT2D eigenvalue weighted by Gasteiger charge is -2.17. The fraction of sp³-hybridized carbons (Fsp3) is 0.381. The van der Waals surface area contributed by atoms with E-state index in [1.165, 1.54) is 10.4 Å². The van der Waals surface area contributed by atoms with Crippen molar-refractivity contribution in [2.75, 3.05) is 0 Å². The van der Waals surface area contributed by atoms with E-state index < -0.39 is 0 Å². The van der Waals surface area contributed by atoms with Gasteiger partial charge < -0.3 is 9.55 Å². The first kappa shape index (κ1) is 17.9. The number of hydrogen-bond donors (Lipinski definition) is 1. The van der Waals surface area contributed by atoms with Crippen LogP contribution in [0, 0.1) is 5.92 Å². The summed E-state index contributed by atoms with van der Waals surface area (Å²) in [4.78, 5) is 27.7. The number of H-pyrrole nitrogens is 1. The summed E-state index contributed by atoms with van der Waals surface area (Å²) >= 11 is 3.33. The van der Waals surface area contributed by atoms with Crippen LogP contribution in [0.1, 0.15) is 41.8 Å². The maximum absolute atomic E-state index is 12.9. The number of fused-ring (bicyclic) bond motifs is 4. The minimum absolute atomic E-state index is 0.00417. The molecule has 1 aliphatic carbocycles. The van der Waals surface area contributed by atoms with Crippen LogP contribution in [0.5, 0.6) is 0 Å². The summed E-state index contributed by atoms with van der Waals surface area (Å²) < 4.78 is 2.10. The van der Waals surface area contributed by atoms with Gasteiger partial charge in [-0.2, -0.15) is 0 Å². The van der Waals surface area contributed by atoms with E-state index in [2.05, 4.69) is 29.5 Å². The van der Waals surface area contributed by atoms with E-state index in [1.54, 1.807) is 23.1 Å². The van der Waals surface area contributed by atoms with E-state index in [9.17, 15) is 4.79 Å². The number of aromatic amines is 1. The Morgan fingerprint density at radius 1 is 1.32 bits per heavy atom. The van der Waals surface area contributed by atoms with Gasteiger partial charge in [0.15, 0.2) is 5.16 Å². The number of para-hydroxylation sites is 2. The second-order valence-electron chi connectivity index (χ2n) is 7.69. The lowest BCUT2D eigenvalue weighted by Crippen LogP contribution is -2.15. The SMILES string of the molecule is CC1CCc2c(sc3nc(C(C)Sc4nc5ccccc5n4C)[nH]c(=O)c23)C1. The first-order chi connectivity index (χ1) is 13.5. The zero-order chi connectivity index (χ0) is 19.4. The minimum Gasteiger partial charge on any atom is -0.322 e. The van der Waals surface area contributed by atoms with Crippen molar-refractivity contribution in [1.29, 1.82) is 0 Å². The highest BCUT2D eigenvalue weighted by Gasteiger charge is 2.24. The quantitative estimate of drug-likeness (QED) is 0.491. The van der Waals surface area contributed by atoms with Crippen molar-refractivity contribution in [3.63, 3.8) is 0 Å². The van der Waals surface area contributed by atoms with Gasteiger partial charge in [0.2, 0.25) is 0 Å². The van der Waals surface area contributed by atoms with Gasteiger partial charge in [0, 0.05) is 11.9 Å². The number of nitrogens with zero attached hydrogens (tertiary/aromatic N) is 3. The van der Waals surface area contributed by atoms with Crippen LogP contribution in [0.4, 0.5) is 0 Å². The normalized spacial score (nSPS) is 17.9. The third-order valence-electron chi connectivity index (χ3n) is 5.60. The average molecular weight is 411 g/mol. The molecule has 2 atom stereocenters. The van der Waals surface area contributed by atoms with Crippen LogP contribution in [0.25, 0.3) is 21.3 Å². The second kappa shape index (κ2) is 6.74. The van der Waals surface area contributed by atoms with E-state index in [-0.39, 0.29) is 10.8 Å². The summed E-state index contributed by atoms with van der Waals surface area (Å²) in [7, 11) is 2.03. The number of thiophene rings is 1. The maximum Gasteiger partial charge on any atom is 0.259 e. The molecule has 0 amide bonds. The molecule has 0 radical (unpaired) electrons. The molecule has 1 N–H and O–H groups in total. The smallest absolute Gasteiger partial charge is 0.259 e. The van der Waals surface area contributed by atoms with Crippen molar-refractivity contribution in [3.05, 3.63) is 50.9 Å². The molecule has 0 saturated carbocycles. The van der Waals surface area contributed by atoms with Gasteiger partial charge >= 0.3 is 0 Å². The molecule has 0 spiro atoms.